The zero-order chi connectivity index (χ0) is 16.7. The summed E-state index contributed by atoms with van der Waals surface area (Å²) in [5.41, 5.74) is 1.90. The number of methoxy groups -OCH3 is 1. The van der Waals surface area contributed by atoms with Crippen LogP contribution in [0.5, 0.6) is 11.5 Å². The Morgan fingerprint density at radius 3 is 3.38 bits per heavy atom. The van der Waals surface area contributed by atoms with E-state index in [1.54, 1.807) is 6.07 Å². The standard InChI is InChI=1S/C17H19NO3/c1-20-13-5-2-9-8-11-10-3-4-12(19)16-17(10,6-7-18-11)14(9)15(13)21-16/h2,5,10-11,16,18H,3-4,6-8H2,1H3/t10-,11+,16+,17-/m0/s1/i1D3. The molecule has 0 amide bonds. The molecule has 110 valence electrons. The number of carbonyl (C=O) groups is 1. The molecule has 0 unspecified atom stereocenters. The molecule has 1 spiro atoms. The molecule has 0 aromatic heterocycles. The summed E-state index contributed by atoms with van der Waals surface area (Å²) in [6, 6.07) is 3.99. The molecule has 1 aromatic rings. The third kappa shape index (κ3) is 1.24. The summed E-state index contributed by atoms with van der Waals surface area (Å²) in [7, 11) is -2.53. The first-order valence-electron chi connectivity index (χ1n) is 9.18. The number of ketones is 1. The van der Waals surface area contributed by atoms with E-state index < -0.39 is 13.1 Å². The molecule has 5 rings (SSSR count). The monoisotopic (exact) mass is 288 g/mol. The first kappa shape index (κ1) is 9.46. The van der Waals surface area contributed by atoms with Crippen LogP contribution in [0, 0.1) is 5.92 Å². The Labute approximate surface area is 128 Å². The lowest BCUT2D eigenvalue weighted by molar-refractivity contribution is -0.135. The van der Waals surface area contributed by atoms with Gasteiger partial charge in [0.2, 0.25) is 0 Å². The Balaban J connectivity index is 1.73. The average molecular weight is 288 g/mol. The summed E-state index contributed by atoms with van der Waals surface area (Å²) in [4.78, 5) is 12.6. The highest BCUT2D eigenvalue weighted by molar-refractivity contribution is 5.89. The van der Waals surface area contributed by atoms with E-state index in [0.717, 1.165) is 36.9 Å². The van der Waals surface area contributed by atoms with Crippen LogP contribution in [-0.2, 0) is 16.6 Å². The number of ether oxygens (including phenoxy) is 2. The Morgan fingerprint density at radius 2 is 2.48 bits per heavy atom. The first-order valence-corrected chi connectivity index (χ1v) is 7.68. The van der Waals surface area contributed by atoms with Crippen molar-refractivity contribution in [2.45, 2.75) is 43.2 Å². The van der Waals surface area contributed by atoms with E-state index in [4.69, 9.17) is 13.6 Å². The second-order valence-corrected chi connectivity index (χ2v) is 6.69. The molecule has 4 aliphatic rings. The lowest BCUT2D eigenvalue weighted by Crippen LogP contribution is -2.65. The van der Waals surface area contributed by atoms with Crippen molar-refractivity contribution in [1.82, 2.24) is 5.32 Å². The van der Waals surface area contributed by atoms with Gasteiger partial charge in [-0.1, -0.05) is 6.07 Å². The average Bonchev–Trinajstić information content (AvgIpc) is 2.84. The van der Waals surface area contributed by atoms with Crippen molar-refractivity contribution in [1.29, 1.82) is 0 Å². The number of carbonyl (C=O) groups excluding carboxylic acids is 1. The quantitative estimate of drug-likeness (QED) is 0.852. The largest absolute Gasteiger partial charge is 0.493 e. The summed E-state index contributed by atoms with van der Waals surface area (Å²) in [6.07, 6.45) is 2.67. The van der Waals surface area contributed by atoms with Gasteiger partial charge in [0.15, 0.2) is 23.4 Å². The van der Waals surface area contributed by atoms with Crippen molar-refractivity contribution >= 4 is 5.78 Å². The molecule has 4 nitrogen and oxygen atoms in total. The molecule has 1 saturated carbocycles. The third-order valence-electron chi connectivity index (χ3n) is 6.01. The van der Waals surface area contributed by atoms with Gasteiger partial charge in [0.05, 0.1) is 11.2 Å². The van der Waals surface area contributed by atoms with E-state index in [1.165, 1.54) is 0 Å². The third-order valence-corrected chi connectivity index (χ3v) is 6.01. The van der Waals surface area contributed by atoms with Gasteiger partial charge in [0.1, 0.15) is 0 Å². The predicted molar refractivity (Wildman–Crippen MR) is 76.9 cm³/mol. The maximum Gasteiger partial charge on any atom is 0.174 e. The van der Waals surface area contributed by atoms with E-state index >= 15 is 0 Å². The summed E-state index contributed by atoms with van der Waals surface area (Å²) in [5, 5.41) is 3.61. The lowest BCUT2D eigenvalue weighted by atomic mass is 9.52. The first-order chi connectivity index (χ1) is 11.4. The highest BCUT2D eigenvalue weighted by Gasteiger charge is 2.64. The Morgan fingerprint density at radius 1 is 1.52 bits per heavy atom. The SMILES string of the molecule is [2H]C([2H])([2H])Oc1ccc2c3c1O[C@@H]1C(=O)CC[C@H]4[C@@H](C2)NCC[C@]314. The molecular weight excluding hydrogens is 266 g/mol. The number of Topliss-reactive ketones (excluding diaryl/α,β-unsaturated/α-hetero) is 1. The van der Waals surface area contributed by atoms with Crippen molar-refractivity contribution in [3.63, 3.8) is 0 Å². The Bertz CT molecular complexity index is 747. The Hall–Kier alpha value is -1.55. The maximum atomic E-state index is 12.6. The second-order valence-electron chi connectivity index (χ2n) is 6.69. The minimum absolute atomic E-state index is 0.135. The number of piperidine rings is 1. The molecule has 4 heteroatoms. The minimum atomic E-state index is -2.53. The molecular formula is C17H19NO3. The molecule has 1 saturated heterocycles. The van der Waals surface area contributed by atoms with Crippen LogP contribution in [0.15, 0.2) is 12.1 Å². The van der Waals surface area contributed by atoms with Gasteiger partial charge < -0.3 is 14.8 Å². The number of hydrogen-bond acceptors (Lipinski definition) is 4. The highest BCUT2D eigenvalue weighted by Crippen LogP contribution is 2.61. The number of nitrogens with one attached hydrogen (secondary N) is 1. The summed E-state index contributed by atoms with van der Waals surface area (Å²) in [6.45, 7) is 0.859. The maximum absolute atomic E-state index is 12.6. The van der Waals surface area contributed by atoms with Crippen LogP contribution in [0.2, 0.25) is 0 Å². The van der Waals surface area contributed by atoms with E-state index in [0.29, 0.717) is 24.1 Å². The van der Waals surface area contributed by atoms with Crippen LogP contribution < -0.4 is 14.8 Å². The van der Waals surface area contributed by atoms with Crippen LogP contribution >= 0.6 is 0 Å². The predicted octanol–water partition coefficient (Wildman–Crippen LogP) is 1.59. The molecule has 21 heavy (non-hydrogen) atoms. The van der Waals surface area contributed by atoms with Crippen LogP contribution in [0.4, 0.5) is 0 Å². The van der Waals surface area contributed by atoms with Gasteiger partial charge in [-0.15, -0.1) is 0 Å². The molecule has 2 aliphatic heterocycles. The lowest BCUT2D eigenvalue weighted by Gasteiger charge is -2.54. The van der Waals surface area contributed by atoms with Crippen molar-refractivity contribution in [2.75, 3.05) is 13.6 Å². The van der Waals surface area contributed by atoms with Crippen molar-refractivity contribution in [3.8, 4) is 11.5 Å². The van der Waals surface area contributed by atoms with Crippen molar-refractivity contribution in [2.24, 2.45) is 5.92 Å². The van der Waals surface area contributed by atoms with Gasteiger partial charge in [-0.3, -0.25) is 4.79 Å². The van der Waals surface area contributed by atoms with Gasteiger partial charge in [0.25, 0.3) is 0 Å². The summed E-state index contributed by atoms with van der Waals surface area (Å²) < 4.78 is 33.5. The van der Waals surface area contributed by atoms with Crippen LogP contribution in [-0.4, -0.2) is 31.5 Å². The zero-order valence-electron chi connectivity index (χ0n) is 14.6. The van der Waals surface area contributed by atoms with E-state index in [1.807, 2.05) is 6.07 Å². The molecule has 2 fully saturated rings. The van der Waals surface area contributed by atoms with Gasteiger partial charge in [-0.05, 0) is 43.4 Å². The fraction of sp³-hybridized carbons (Fsp3) is 0.588. The molecule has 1 aromatic carbocycles. The highest BCUT2D eigenvalue weighted by atomic mass is 16.5. The number of rotatable bonds is 1. The summed E-state index contributed by atoms with van der Waals surface area (Å²) in [5.74, 6) is 1.23. The van der Waals surface area contributed by atoms with E-state index in [-0.39, 0.29) is 16.9 Å². The van der Waals surface area contributed by atoms with Crippen molar-refractivity contribution in [3.05, 3.63) is 23.3 Å². The molecule has 2 heterocycles. The number of hydrogen-bond donors (Lipinski definition) is 1. The fourth-order valence-corrected chi connectivity index (χ4v) is 5.32. The van der Waals surface area contributed by atoms with Gasteiger partial charge in [-0.25, -0.2) is 0 Å². The smallest absolute Gasteiger partial charge is 0.174 e. The zero-order valence-corrected chi connectivity index (χ0v) is 11.6. The van der Waals surface area contributed by atoms with Crippen LogP contribution in [0.25, 0.3) is 0 Å². The molecule has 4 atom stereocenters. The van der Waals surface area contributed by atoms with Gasteiger partial charge in [0, 0.05) is 23.4 Å². The normalized spacial score (nSPS) is 41.4. The fourth-order valence-electron chi connectivity index (χ4n) is 5.32. The Kier molecular flexibility index (Phi) is 1.71. The summed E-state index contributed by atoms with van der Waals surface area (Å²) >= 11 is 0. The molecule has 2 bridgehead atoms. The minimum Gasteiger partial charge on any atom is -0.493 e. The van der Waals surface area contributed by atoms with Gasteiger partial charge >= 0.3 is 0 Å². The van der Waals surface area contributed by atoms with Crippen molar-refractivity contribution < 1.29 is 18.4 Å². The number of benzene rings is 1. The second kappa shape index (κ2) is 3.80. The van der Waals surface area contributed by atoms with Crippen LogP contribution in [0.3, 0.4) is 0 Å². The molecule has 2 aliphatic carbocycles. The van der Waals surface area contributed by atoms with E-state index in [9.17, 15) is 4.79 Å². The van der Waals surface area contributed by atoms with E-state index in [2.05, 4.69) is 5.32 Å². The molecule has 0 radical (unpaired) electrons. The van der Waals surface area contributed by atoms with Crippen LogP contribution in [0.1, 0.15) is 34.5 Å². The molecule has 1 N–H and O–H groups in total. The van der Waals surface area contributed by atoms with Gasteiger partial charge in [-0.2, -0.15) is 0 Å². The topological polar surface area (TPSA) is 47.6 Å².